The van der Waals surface area contributed by atoms with Crippen LogP contribution in [0.25, 0.3) is 5.78 Å². The van der Waals surface area contributed by atoms with Crippen LogP contribution >= 0.6 is 0 Å². The molecule has 0 radical (unpaired) electrons. The number of aromatic nitrogens is 4. The number of β-amino-alcohol motifs (C(OH)–C–C–N with tert-alkyl or cyclic N) is 1. The molecular formula is C13H16F3N5O. The highest BCUT2D eigenvalue weighted by atomic mass is 19.4. The van der Waals surface area contributed by atoms with Crippen LogP contribution < -0.4 is 4.90 Å². The van der Waals surface area contributed by atoms with Gasteiger partial charge in [-0.15, -0.1) is 5.10 Å². The average Bonchev–Trinajstić information content (AvgIpc) is 2.84. The Morgan fingerprint density at radius 3 is 2.68 bits per heavy atom. The first-order valence-corrected chi connectivity index (χ1v) is 7.00. The van der Waals surface area contributed by atoms with Crippen LogP contribution in [-0.4, -0.2) is 43.9 Å². The standard InChI is InChI=1S/C13H16F3N5O/c1-7-3-4-20(6-9(7)22)10-5-8(2)17-12-18-11(13(14,15)16)19-21(10)12/h5,7,9,22H,3-4,6H2,1-2H3. The van der Waals surface area contributed by atoms with Crippen molar-refractivity contribution in [3.63, 3.8) is 0 Å². The van der Waals surface area contributed by atoms with E-state index in [-0.39, 0.29) is 11.7 Å². The molecule has 0 spiro atoms. The van der Waals surface area contributed by atoms with Gasteiger partial charge in [0.1, 0.15) is 5.82 Å². The lowest BCUT2D eigenvalue weighted by molar-refractivity contribution is -0.144. The number of hydrogen-bond donors (Lipinski definition) is 1. The third-order valence-electron chi connectivity index (χ3n) is 3.92. The first kappa shape index (κ1) is 15.0. The SMILES string of the molecule is Cc1cc(N2CCC(C)C(O)C2)n2nc(C(F)(F)F)nc2n1. The molecule has 1 aliphatic heterocycles. The Hall–Kier alpha value is -1.90. The zero-order chi connectivity index (χ0) is 16.1. The van der Waals surface area contributed by atoms with E-state index >= 15 is 0 Å². The zero-order valence-corrected chi connectivity index (χ0v) is 12.2. The summed E-state index contributed by atoms with van der Waals surface area (Å²) in [5, 5.41) is 13.5. The van der Waals surface area contributed by atoms with E-state index in [1.807, 2.05) is 11.8 Å². The molecule has 120 valence electrons. The molecule has 2 atom stereocenters. The summed E-state index contributed by atoms with van der Waals surface area (Å²) in [6.07, 6.45) is -4.39. The summed E-state index contributed by atoms with van der Waals surface area (Å²) in [7, 11) is 0. The molecule has 0 saturated carbocycles. The molecule has 0 bridgehead atoms. The molecule has 9 heteroatoms. The summed E-state index contributed by atoms with van der Waals surface area (Å²) < 4.78 is 39.5. The topological polar surface area (TPSA) is 66.5 Å². The fourth-order valence-corrected chi connectivity index (χ4v) is 2.57. The maximum absolute atomic E-state index is 12.8. The van der Waals surface area contributed by atoms with Crippen molar-refractivity contribution in [2.75, 3.05) is 18.0 Å². The van der Waals surface area contributed by atoms with Crippen molar-refractivity contribution in [1.82, 2.24) is 19.6 Å². The van der Waals surface area contributed by atoms with Crippen LogP contribution in [-0.2, 0) is 6.18 Å². The molecule has 1 N–H and O–H groups in total. The van der Waals surface area contributed by atoms with Crippen LogP contribution in [0.2, 0.25) is 0 Å². The average molecular weight is 315 g/mol. The van der Waals surface area contributed by atoms with Crippen molar-refractivity contribution in [3.05, 3.63) is 17.6 Å². The van der Waals surface area contributed by atoms with Gasteiger partial charge in [0.15, 0.2) is 0 Å². The predicted molar refractivity (Wildman–Crippen MR) is 72.5 cm³/mol. The molecule has 1 aliphatic rings. The lowest BCUT2D eigenvalue weighted by Crippen LogP contribution is -2.43. The molecule has 0 amide bonds. The lowest BCUT2D eigenvalue weighted by atomic mass is 9.96. The molecule has 2 aromatic rings. The van der Waals surface area contributed by atoms with Gasteiger partial charge in [-0.2, -0.15) is 22.7 Å². The van der Waals surface area contributed by atoms with E-state index in [1.165, 1.54) is 0 Å². The molecule has 0 aliphatic carbocycles. The van der Waals surface area contributed by atoms with E-state index in [4.69, 9.17) is 0 Å². The summed E-state index contributed by atoms with van der Waals surface area (Å²) in [6.45, 7) is 4.62. The number of rotatable bonds is 1. The second kappa shape index (κ2) is 5.08. The number of aliphatic hydroxyl groups excluding tert-OH is 1. The highest BCUT2D eigenvalue weighted by molar-refractivity contribution is 5.48. The Balaban J connectivity index is 2.07. The van der Waals surface area contributed by atoms with Crippen LogP contribution in [0.3, 0.4) is 0 Å². The smallest absolute Gasteiger partial charge is 0.391 e. The third kappa shape index (κ3) is 2.60. The monoisotopic (exact) mass is 315 g/mol. The molecule has 3 heterocycles. The second-order valence-electron chi connectivity index (χ2n) is 5.68. The van der Waals surface area contributed by atoms with Gasteiger partial charge in [-0.25, -0.2) is 4.98 Å². The van der Waals surface area contributed by atoms with Gasteiger partial charge in [0.2, 0.25) is 0 Å². The van der Waals surface area contributed by atoms with Crippen molar-refractivity contribution in [1.29, 1.82) is 0 Å². The largest absolute Gasteiger partial charge is 0.453 e. The number of halogens is 3. The molecule has 2 unspecified atom stereocenters. The zero-order valence-electron chi connectivity index (χ0n) is 12.2. The second-order valence-corrected chi connectivity index (χ2v) is 5.68. The predicted octanol–water partition coefficient (Wildman–Crippen LogP) is 1.66. The Bertz CT molecular complexity index is 699. The highest BCUT2D eigenvalue weighted by Crippen LogP contribution is 2.29. The number of aliphatic hydroxyl groups is 1. The minimum Gasteiger partial charge on any atom is -0.391 e. The van der Waals surface area contributed by atoms with Gasteiger partial charge in [0.25, 0.3) is 11.6 Å². The highest BCUT2D eigenvalue weighted by Gasteiger charge is 2.37. The summed E-state index contributed by atoms with van der Waals surface area (Å²) in [5.74, 6) is -0.666. The fourth-order valence-electron chi connectivity index (χ4n) is 2.57. The molecule has 3 rings (SSSR count). The Morgan fingerprint density at radius 1 is 1.32 bits per heavy atom. The van der Waals surface area contributed by atoms with Crippen LogP contribution in [0.15, 0.2) is 6.07 Å². The Kier molecular flexibility index (Phi) is 3.47. The van der Waals surface area contributed by atoms with Gasteiger partial charge >= 0.3 is 6.18 Å². The first-order chi connectivity index (χ1) is 10.3. The number of piperidine rings is 1. The maximum Gasteiger partial charge on any atom is 0.453 e. The molecule has 1 saturated heterocycles. The number of alkyl halides is 3. The van der Waals surface area contributed by atoms with E-state index in [2.05, 4.69) is 15.1 Å². The van der Waals surface area contributed by atoms with Gasteiger partial charge in [0, 0.05) is 24.8 Å². The number of anilines is 1. The summed E-state index contributed by atoms with van der Waals surface area (Å²) in [4.78, 5) is 9.28. The molecule has 1 fully saturated rings. The Morgan fingerprint density at radius 2 is 2.05 bits per heavy atom. The van der Waals surface area contributed by atoms with E-state index < -0.39 is 18.1 Å². The third-order valence-corrected chi connectivity index (χ3v) is 3.92. The maximum atomic E-state index is 12.8. The van der Waals surface area contributed by atoms with Crippen LogP contribution in [0.5, 0.6) is 0 Å². The normalized spacial score (nSPS) is 23.3. The molecule has 22 heavy (non-hydrogen) atoms. The van der Waals surface area contributed by atoms with E-state index in [0.29, 0.717) is 24.6 Å². The number of aryl methyl sites for hydroxylation is 1. The van der Waals surface area contributed by atoms with Gasteiger partial charge in [-0.05, 0) is 19.3 Å². The number of fused-ring (bicyclic) bond motifs is 1. The van der Waals surface area contributed by atoms with Crippen LogP contribution in [0.4, 0.5) is 19.0 Å². The van der Waals surface area contributed by atoms with Gasteiger partial charge in [0.05, 0.1) is 6.10 Å². The molecular weight excluding hydrogens is 299 g/mol. The van der Waals surface area contributed by atoms with Crippen molar-refractivity contribution in [3.8, 4) is 0 Å². The molecule has 6 nitrogen and oxygen atoms in total. The summed E-state index contributed by atoms with van der Waals surface area (Å²) >= 11 is 0. The number of hydrogen-bond acceptors (Lipinski definition) is 5. The summed E-state index contributed by atoms with van der Waals surface area (Å²) in [5.41, 5.74) is 0.553. The van der Waals surface area contributed by atoms with E-state index in [1.54, 1.807) is 13.0 Å². The summed E-state index contributed by atoms with van der Waals surface area (Å²) in [6, 6.07) is 1.66. The minimum atomic E-state index is -4.62. The number of nitrogens with zero attached hydrogens (tertiary/aromatic N) is 5. The van der Waals surface area contributed by atoms with Gasteiger partial charge in [-0.3, -0.25) is 0 Å². The van der Waals surface area contributed by atoms with Crippen molar-refractivity contribution in [2.45, 2.75) is 32.5 Å². The van der Waals surface area contributed by atoms with Crippen molar-refractivity contribution < 1.29 is 18.3 Å². The fraction of sp³-hybridized carbons (Fsp3) is 0.615. The van der Waals surface area contributed by atoms with Gasteiger partial charge in [-0.1, -0.05) is 6.92 Å². The van der Waals surface area contributed by atoms with Crippen molar-refractivity contribution >= 4 is 11.6 Å². The van der Waals surface area contributed by atoms with E-state index in [9.17, 15) is 18.3 Å². The van der Waals surface area contributed by atoms with Gasteiger partial charge < -0.3 is 10.0 Å². The van der Waals surface area contributed by atoms with Crippen molar-refractivity contribution in [2.24, 2.45) is 5.92 Å². The Labute approximate surface area is 124 Å². The quantitative estimate of drug-likeness (QED) is 0.867. The van der Waals surface area contributed by atoms with Crippen LogP contribution in [0, 0.1) is 12.8 Å². The lowest BCUT2D eigenvalue weighted by Gasteiger charge is -2.35. The molecule has 0 aromatic carbocycles. The first-order valence-electron chi connectivity index (χ1n) is 7.00. The molecule has 2 aromatic heterocycles. The minimum absolute atomic E-state index is 0.0876. The van der Waals surface area contributed by atoms with E-state index in [0.717, 1.165) is 10.9 Å². The van der Waals surface area contributed by atoms with Crippen LogP contribution in [0.1, 0.15) is 24.9 Å².